The Labute approximate surface area is 117 Å². The summed E-state index contributed by atoms with van der Waals surface area (Å²) in [6, 6.07) is 0. The predicted octanol–water partition coefficient (Wildman–Crippen LogP) is 2.91. The Morgan fingerprint density at radius 3 is 2.68 bits per heavy atom. The summed E-state index contributed by atoms with van der Waals surface area (Å²) in [7, 11) is 0. The first-order valence-corrected chi connectivity index (χ1v) is 7.84. The summed E-state index contributed by atoms with van der Waals surface area (Å²) in [6.45, 7) is 4.54. The lowest BCUT2D eigenvalue weighted by molar-refractivity contribution is -0.136. The molecule has 1 N–H and O–H groups in total. The third kappa shape index (κ3) is 3.29. The van der Waals surface area contributed by atoms with E-state index < -0.39 is 11.2 Å². The van der Waals surface area contributed by atoms with Gasteiger partial charge in [-0.05, 0) is 26.7 Å². The molecule has 0 spiro atoms. The molecule has 1 aromatic rings. The van der Waals surface area contributed by atoms with Crippen LogP contribution in [0.4, 0.5) is 0 Å². The Balaban J connectivity index is 2.17. The minimum Gasteiger partial charge on any atom is -0.480 e. The highest BCUT2D eigenvalue weighted by molar-refractivity contribution is 8.00. The smallest absolute Gasteiger partial charge is 0.316 e. The first kappa shape index (κ1) is 14.4. The molecular weight excluding hydrogens is 262 g/mol. The molecule has 0 amide bonds. The quantitative estimate of drug-likeness (QED) is 0.841. The fourth-order valence-corrected chi connectivity index (χ4v) is 3.41. The molecule has 1 aromatic heterocycles. The molecule has 1 fully saturated rings. The topological polar surface area (TPSA) is 68.0 Å². The van der Waals surface area contributed by atoms with Gasteiger partial charge in [0, 0.05) is 12.5 Å². The lowest BCUT2D eigenvalue weighted by Crippen LogP contribution is -2.15. The van der Waals surface area contributed by atoms with Crippen LogP contribution in [0.1, 0.15) is 57.7 Å². The van der Waals surface area contributed by atoms with Crippen LogP contribution in [0.25, 0.3) is 0 Å². The number of rotatable bonds is 5. The van der Waals surface area contributed by atoms with Gasteiger partial charge in [-0.2, -0.15) is 0 Å². The van der Waals surface area contributed by atoms with E-state index in [4.69, 9.17) is 5.11 Å². The number of hydrogen-bond acceptors (Lipinski definition) is 4. The van der Waals surface area contributed by atoms with E-state index in [2.05, 4.69) is 21.7 Å². The molecule has 19 heavy (non-hydrogen) atoms. The van der Waals surface area contributed by atoms with Gasteiger partial charge >= 0.3 is 5.97 Å². The van der Waals surface area contributed by atoms with Crippen LogP contribution in [0.15, 0.2) is 5.16 Å². The standard InChI is InChI=1S/C13H21N3O2S/c1-3-16-11(10-7-5-4-6-8-10)14-15-13(16)19-9(2)12(17)18/h9-10H,3-8H2,1-2H3,(H,17,18). The molecular formula is C13H21N3O2S. The molecule has 1 aliphatic rings. The van der Waals surface area contributed by atoms with E-state index in [-0.39, 0.29) is 0 Å². The zero-order valence-corrected chi connectivity index (χ0v) is 12.3. The van der Waals surface area contributed by atoms with E-state index in [9.17, 15) is 4.79 Å². The second-order valence-corrected chi connectivity index (χ2v) is 6.33. The number of carbonyl (C=O) groups is 1. The van der Waals surface area contributed by atoms with Crippen molar-refractivity contribution in [2.75, 3.05) is 0 Å². The molecule has 0 aromatic carbocycles. The Morgan fingerprint density at radius 1 is 1.42 bits per heavy atom. The van der Waals surface area contributed by atoms with E-state index in [0.717, 1.165) is 17.5 Å². The fraction of sp³-hybridized carbons (Fsp3) is 0.769. The van der Waals surface area contributed by atoms with Gasteiger partial charge in [-0.3, -0.25) is 4.79 Å². The Bertz CT molecular complexity index is 441. The Morgan fingerprint density at radius 2 is 2.11 bits per heavy atom. The van der Waals surface area contributed by atoms with Crippen LogP contribution >= 0.6 is 11.8 Å². The minimum absolute atomic E-state index is 0.492. The molecule has 0 aliphatic heterocycles. The van der Waals surface area contributed by atoms with Gasteiger partial charge < -0.3 is 9.67 Å². The lowest BCUT2D eigenvalue weighted by Gasteiger charge is -2.21. The maximum atomic E-state index is 10.9. The van der Waals surface area contributed by atoms with E-state index in [1.54, 1.807) is 6.92 Å². The first-order valence-electron chi connectivity index (χ1n) is 6.96. The molecule has 5 nitrogen and oxygen atoms in total. The summed E-state index contributed by atoms with van der Waals surface area (Å²) in [5.41, 5.74) is 0. The fourth-order valence-electron chi connectivity index (χ4n) is 2.56. The largest absolute Gasteiger partial charge is 0.480 e. The van der Waals surface area contributed by atoms with Crippen molar-refractivity contribution in [3.8, 4) is 0 Å². The number of aromatic nitrogens is 3. The number of thioether (sulfide) groups is 1. The summed E-state index contributed by atoms with van der Waals surface area (Å²) >= 11 is 1.28. The van der Waals surface area contributed by atoms with E-state index in [1.807, 2.05) is 0 Å². The lowest BCUT2D eigenvalue weighted by atomic mass is 9.89. The highest BCUT2D eigenvalue weighted by Gasteiger charge is 2.24. The number of nitrogens with zero attached hydrogens (tertiary/aromatic N) is 3. The minimum atomic E-state index is -0.810. The van der Waals surface area contributed by atoms with Crippen molar-refractivity contribution in [1.82, 2.24) is 14.8 Å². The van der Waals surface area contributed by atoms with Gasteiger partial charge in [0.05, 0.1) is 0 Å². The third-order valence-electron chi connectivity index (χ3n) is 3.66. The Hall–Kier alpha value is -1.04. The first-order chi connectivity index (χ1) is 9.13. The van der Waals surface area contributed by atoms with Crippen molar-refractivity contribution < 1.29 is 9.90 Å². The van der Waals surface area contributed by atoms with Gasteiger partial charge in [-0.15, -0.1) is 10.2 Å². The number of carboxylic acids is 1. The van der Waals surface area contributed by atoms with Gasteiger partial charge in [-0.25, -0.2) is 0 Å². The maximum Gasteiger partial charge on any atom is 0.316 e. The summed E-state index contributed by atoms with van der Waals surface area (Å²) in [5.74, 6) is 0.729. The van der Waals surface area contributed by atoms with Crippen molar-refractivity contribution >= 4 is 17.7 Å². The second kappa shape index (κ2) is 6.41. The normalized spacial score (nSPS) is 18.4. The van der Waals surface area contributed by atoms with Crippen LogP contribution in [0.3, 0.4) is 0 Å². The summed E-state index contributed by atoms with van der Waals surface area (Å²) in [5, 5.41) is 17.7. The maximum absolute atomic E-state index is 10.9. The molecule has 1 heterocycles. The van der Waals surface area contributed by atoms with Crippen molar-refractivity contribution in [3.63, 3.8) is 0 Å². The zero-order valence-electron chi connectivity index (χ0n) is 11.5. The van der Waals surface area contributed by atoms with Crippen molar-refractivity contribution in [1.29, 1.82) is 0 Å². The molecule has 106 valence electrons. The average molecular weight is 283 g/mol. The Kier molecular flexibility index (Phi) is 4.85. The van der Waals surface area contributed by atoms with Gasteiger partial charge in [0.2, 0.25) is 0 Å². The zero-order chi connectivity index (χ0) is 13.8. The van der Waals surface area contributed by atoms with Gasteiger partial charge in [0.25, 0.3) is 0 Å². The second-order valence-electron chi connectivity index (χ2n) is 5.02. The highest BCUT2D eigenvalue weighted by Crippen LogP contribution is 2.33. The van der Waals surface area contributed by atoms with Gasteiger partial charge in [-0.1, -0.05) is 31.0 Å². The van der Waals surface area contributed by atoms with Crippen molar-refractivity contribution in [3.05, 3.63) is 5.82 Å². The predicted molar refractivity (Wildman–Crippen MR) is 74.5 cm³/mol. The van der Waals surface area contributed by atoms with E-state index >= 15 is 0 Å². The SMILES string of the molecule is CCn1c(SC(C)C(=O)O)nnc1C1CCCCC1. The molecule has 1 aliphatic carbocycles. The number of aliphatic carboxylic acids is 1. The van der Waals surface area contributed by atoms with Crippen LogP contribution < -0.4 is 0 Å². The molecule has 1 unspecified atom stereocenters. The summed E-state index contributed by atoms with van der Waals surface area (Å²) in [6.07, 6.45) is 6.19. The van der Waals surface area contributed by atoms with Crippen LogP contribution in [0.5, 0.6) is 0 Å². The molecule has 0 bridgehead atoms. The van der Waals surface area contributed by atoms with Gasteiger partial charge in [0.1, 0.15) is 11.1 Å². The van der Waals surface area contributed by atoms with E-state index in [0.29, 0.717) is 5.92 Å². The van der Waals surface area contributed by atoms with Crippen LogP contribution in [-0.2, 0) is 11.3 Å². The van der Waals surface area contributed by atoms with Crippen LogP contribution in [0.2, 0.25) is 0 Å². The average Bonchev–Trinajstić information content (AvgIpc) is 2.82. The van der Waals surface area contributed by atoms with E-state index in [1.165, 1.54) is 43.9 Å². The van der Waals surface area contributed by atoms with Crippen LogP contribution in [-0.4, -0.2) is 31.1 Å². The number of carboxylic acid groups (broad SMARTS) is 1. The van der Waals surface area contributed by atoms with Crippen molar-refractivity contribution in [2.24, 2.45) is 0 Å². The molecule has 0 radical (unpaired) electrons. The monoisotopic (exact) mass is 283 g/mol. The highest BCUT2D eigenvalue weighted by atomic mass is 32.2. The molecule has 1 atom stereocenters. The van der Waals surface area contributed by atoms with Crippen molar-refractivity contribution in [2.45, 2.75) is 68.8 Å². The number of hydrogen-bond donors (Lipinski definition) is 1. The molecule has 2 rings (SSSR count). The summed E-state index contributed by atoms with van der Waals surface area (Å²) in [4.78, 5) is 10.9. The van der Waals surface area contributed by atoms with Gasteiger partial charge in [0.15, 0.2) is 5.16 Å². The molecule has 0 saturated heterocycles. The third-order valence-corrected chi connectivity index (χ3v) is 4.73. The molecule has 6 heteroatoms. The van der Waals surface area contributed by atoms with Crippen LogP contribution in [0, 0.1) is 0 Å². The molecule has 1 saturated carbocycles. The summed E-state index contributed by atoms with van der Waals surface area (Å²) < 4.78 is 2.08.